The van der Waals surface area contributed by atoms with E-state index in [-0.39, 0.29) is 5.78 Å². The number of nitriles is 1. The first-order valence-electron chi connectivity index (χ1n) is 4.61. The van der Waals surface area contributed by atoms with Gasteiger partial charge in [0.25, 0.3) is 0 Å². The lowest BCUT2D eigenvalue weighted by Gasteiger charge is -2.00. The zero-order valence-corrected chi connectivity index (χ0v) is 8.37. The molecule has 1 aliphatic rings. The summed E-state index contributed by atoms with van der Waals surface area (Å²) in [6.07, 6.45) is 0. The lowest BCUT2D eigenvalue weighted by molar-refractivity contribution is 0.104. The van der Waals surface area contributed by atoms with Crippen LogP contribution in [0.15, 0.2) is 42.0 Å². The molecule has 0 bridgehead atoms. The van der Waals surface area contributed by atoms with E-state index in [1.807, 2.05) is 18.2 Å². The Morgan fingerprint density at radius 2 is 1.93 bits per heavy atom. The minimum atomic E-state index is -0.0739. The molecule has 15 heavy (non-hydrogen) atoms. The third-order valence-electron chi connectivity index (χ3n) is 2.56. The molecule has 2 nitrogen and oxygen atoms in total. The number of allylic oxidation sites excluding steroid dienone is 3. The van der Waals surface area contributed by atoms with E-state index in [1.165, 1.54) is 0 Å². The summed E-state index contributed by atoms with van der Waals surface area (Å²) in [6.45, 7) is 5.45. The van der Waals surface area contributed by atoms with E-state index in [0.717, 1.165) is 5.56 Å². The predicted molar refractivity (Wildman–Crippen MR) is 58.1 cm³/mol. The van der Waals surface area contributed by atoms with Crippen LogP contribution in [0.1, 0.15) is 22.8 Å². The van der Waals surface area contributed by atoms with Crippen LogP contribution >= 0.6 is 0 Å². The lowest BCUT2D eigenvalue weighted by Crippen LogP contribution is -1.92. The number of Topliss-reactive ketones (excluding diaryl/α,β-unsaturated/α-hetero) is 1. The Bertz CT molecular complexity index is 544. The van der Waals surface area contributed by atoms with Crippen molar-refractivity contribution in [2.75, 3.05) is 0 Å². The molecule has 2 rings (SSSR count). The van der Waals surface area contributed by atoms with E-state index in [0.29, 0.717) is 22.3 Å². The Morgan fingerprint density at radius 3 is 2.53 bits per heavy atom. The molecule has 0 spiro atoms. The van der Waals surface area contributed by atoms with Crippen molar-refractivity contribution in [1.82, 2.24) is 0 Å². The van der Waals surface area contributed by atoms with E-state index in [1.54, 1.807) is 13.0 Å². The molecule has 0 atom stereocenters. The molecule has 0 saturated carbocycles. The standard InChI is InChI=1S/C13H9NO/c1-8(7-14)12-9(2)13(15)11-6-4-3-5-10(11)12/h3-6H,2H2,1H3/b12-8+. The van der Waals surface area contributed by atoms with Gasteiger partial charge in [0.05, 0.1) is 6.07 Å². The van der Waals surface area contributed by atoms with Crippen molar-refractivity contribution in [3.63, 3.8) is 0 Å². The van der Waals surface area contributed by atoms with Crippen LogP contribution in [0.5, 0.6) is 0 Å². The zero-order valence-electron chi connectivity index (χ0n) is 8.37. The highest BCUT2D eigenvalue weighted by Crippen LogP contribution is 2.37. The maximum Gasteiger partial charge on any atom is 0.193 e. The van der Waals surface area contributed by atoms with E-state index >= 15 is 0 Å². The van der Waals surface area contributed by atoms with Gasteiger partial charge >= 0.3 is 0 Å². The summed E-state index contributed by atoms with van der Waals surface area (Å²) < 4.78 is 0. The number of carbonyl (C=O) groups is 1. The summed E-state index contributed by atoms with van der Waals surface area (Å²) in [5.74, 6) is -0.0739. The Labute approximate surface area is 88.2 Å². The number of rotatable bonds is 0. The predicted octanol–water partition coefficient (Wildman–Crippen LogP) is 2.74. The number of nitrogens with zero attached hydrogens (tertiary/aromatic N) is 1. The number of hydrogen-bond acceptors (Lipinski definition) is 2. The first-order valence-corrected chi connectivity index (χ1v) is 4.61. The van der Waals surface area contributed by atoms with Crippen LogP contribution < -0.4 is 0 Å². The Balaban J connectivity index is 2.80. The summed E-state index contributed by atoms with van der Waals surface area (Å²) in [6, 6.07) is 9.35. The second kappa shape index (κ2) is 3.21. The van der Waals surface area contributed by atoms with Crippen molar-refractivity contribution in [1.29, 1.82) is 5.26 Å². The molecule has 0 radical (unpaired) electrons. The van der Waals surface area contributed by atoms with Gasteiger partial charge in [-0.3, -0.25) is 4.79 Å². The van der Waals surface area contributed by atoms with Crippen molar-refractivity contribution in [3.05, 3.63) is 53.1 Å². The molecule has 72 valence electrons. The minimum Gasteiger partial charge on any atom is -0.289 e. The van der Waals surface area contributed by atoms with E-state index in [9.17, 15) is 4.79 Å². The first kappa shape index (κ1) is 9.42. The summed E-state index contributed by atoms with van der Waals surface area (Å²) >= 11 is 0. The summed E-state index contributed by atoms with van der Waals surface area (Å²) in [5, 5.41) is 8.86. The van der Waals surface area contributed by atoms with Gasteiger partial charge in [-0.2, -0.15) is 5.26 Å². The summed E-state index contributed by atoms with van der Waals surface area (Å²) in [4.78, 5) is 11.8. The highest BCUT2D eigenvalue weighted by molar-refractivity contribution is 6.26. The van der Waals surface area contributed by atoms with Gasteiger partial charge in [0, 0.05) is 22.3 Å². The summed E-state index contributed by atoms with van der Waals surface area (Å²) in [7, 11) is 0. The van der Waals surface area contributed by atoms with Crippen LogP contribution in [-0.2, 0) is 0 Å². The number of benzene rings is 1. The van der Waals surface area contributed by atoms with Crippen LogP contribution in [0.3, 0.4) is 0 Å². The second-order valence-corrected chi connectivity index (χ2v) is 3.47. The van der Waals surface area contributed by atoms with Gasteiger partial charge in [-0.15, -0.1) is 0 Å². The van der Waals surface area contributed by atoms with Gasteiger partial charge in [0.15, 0.2) is 5.78 Å². The Hall–Kier alpha value is -2.14. The van der Waals surface area contributed by atoms with Gasteiger partial charge in [-0.05, 0) is 12.5 Å². The zero-order chi connectivity index (χ0) is 11.0. The normalized spacial score (nSPS) is 17.3. The van der Waals surface area contributed by atoms with Crippen molar-refractivity contribution >= 4 is 11.4 Å². The number of ketones is 1. The second-order valence-electron chi connectivity index (χ2n) is 3.47. The van der Waals surface area contributed by atoms with Gasteiger partial charge in [-0.1, -0.05) is 30.8 Å². The smallest absolute Gasteiger partial charge is 0.193 e. The minimum absolute atomic E-state index is 0.0739. The molecule has 0 N–H and O–H groups in total. The summed E-state index contributed by atoms with van der Waals surface area (Å²) in [5.41, 5.74) is 3.13. The van der Waals surface area contributed by atoms with E-state index < -0.39 is 0 Å². The van der Waals surface area contributed by atoms with E-state index in [2.05, 4.69) is 12.6 Å². The molecule has 0 heterocycles. The van der Waals surface area contributed by atoms with Gasteiger partial charge in [-0.25, -0.2) is 0 Å². The maximum absolute atomic E-state index is 11.8. The molecular weight excluding hydrogens is 186 g/mol. The molecule has 0 amide bonds. The molecule has 0 fully saturated rings. The third kappa shape index (κ3) is 1.21. The van der Waals surface area contributed by atoms with Crippen molar-refractivity contribution in [2.45, 2.75) is 6.92 Å². The lowest BCUT2D eigenvalue weighted by atomic mass is 10.0. The molecular formula is C13H9NO. The Morgan fingerprint density at radius 1 is 1.33 bits per heavy atom. The fourth-order valence-corrected chi connectivity index (χ4v) is 1.82. The quantitative estimate of drug-likeness (QED) is 0.471. The molecule has 1 aromatic carbocycles. The van der Waals surface area contributed by atoms with Gasteiger partial charge in [0.2, 0.25) is 0 Å². The van der Waals surface area contributed by atoms with Gasteiger partial charge < -0.3 is 0 Å². The molecule has 0 aliphatic heterocycles. The van der Waals surface area contributed by atoms with Crippen LogP contribution in [0.25, 0.3) is 5.57 Å². The third-order valence-corrected chi connectivity index (χ3v) is 2.56. The number of fused-ring (bicyclic) bond motifs is 1. The highest BCUT2D eigenvalue weighted by Gasteiger charge is 2.28. The fraction of sp³-hybridized carbons (Fsp3) is 0.0769. The topological polar surface area (TPSA) is 40.9 Å². The van der Waals surface area contributed by atoms with Crippen molar-refractivity contribution < 1.29 is 4.79 Å². The molecule has 0 unspecified atom stereocenters. The molecule has 0 saturated heterocycles. The fourth-order valence-electron chi connectivity index (χ4n) is 1.82. The molecule has 1 aromatic rings. The average molecular weight is 195 g/mol. The monoisotopic (exact) mass is 195 g/mol. The van der Waals surface area contributed by atoms with Crippen LogP contribution in [-0.4, -0.2) is 5.78 Å². The molecule has 2 heteroatoms. The average Bonchev–Trinajstić information content (AvgIpc) is 2.52. The maximum atomic E-state index is 11.8. The Kier molecular flexibility index (Phi) is 2.02. The number of hydrogen-bond donors (Lipinski definition) is 0. The highest BCUT2D eigenvalue weighted by atomic mass is 16.1. The van der Waals surface area contributed by atoms with Gasteiger partial charge in [0.1, 0.15) is 0 Å². The molecule has 0 aromatic heterocycles. The van der Waals surface area contributed by atoms with E-state index in [4.69, 9.17) is 5.26 Å². The largest absolute Gasteiger partial charge is 0.289 e. The van der Waals surface area contributed by atoms with Crippen molar-refractivity contribution in [3.8, 4) is 6.07 Å². The van der Waals surface area contributed by atoms with Crippen molar-refractivity contribution in [2.24, 2.45) is 0 Å². The first-order chi connectivity index (χ1) is 7.16. The molecule has 1 aliphatic carbocycles. The van der Waals surface area contributed by atoms with Crippen LogP contribution in [0.2, 0.25) is 0 Å². The SMILES string of the molecule is C=C1C(=O)c2ccccc2/C1=C(\C)C#N. The van der Waals surface area contributed by atoms with Crippen LogP contribution in [0.4, 0.5) is 0 Å². The van der Waals surface area contributed by atoms with Crippen LogP contribution in [0, 0.1) is 11.3 Å². The number of carbonyl (C=O) groups excluding carboxylic acids is 1.